The van der Waals surface area contributed by atoms with Gasteiger partial charge in [-0.05, 0) is 24.6 Å². The quantitative estimate of drug-likeness (QED) is 0.514. The van der Waals surface area contributed by atoms with Crippen molar-refractivity contribution in [3.63, 3.8) is 0 Å². The number of nitrogens with one attached hydrogen (secondary N) is 1. The fraction of sp³-hybridized carbons (Fsp3) is 0.300. The monoisotopic (exact) mass is 325 g/mol. The summed E-state index contributed by atoms with van der Waals surface area (Å²) in [5.74, 6) is -1.89. The van der Waals surface area contributed by atoms with Gasteiger partial charge in [0.2, 0.25) is 0 Å². The van der Waals surface area contributed by atoms with Gasteiger partial charge in [0, 0.05) is 11.0 Å². The lowest BCUT2D eigenvalue weighted by molar-refractivity contribution is 0.0949. The van der Waals surface area contributed by atoms with E-state index in [4.69, 9.17) is 0 Å². The van der Waals surface area contributed by atoms with Gasteiger partial charge in [-0.3, -0.25) is 4.79 Å². The molecule has 1 amide bonds. The number of hydrogen-bond acceptors (Lipinski definition) is 1. The van der Waals surface area contributed by atoms with Gasteiger partial charge in [0.1, 0.15) is 11.6 Å². The van der Waals surface area contributed by atoms with Gasteiger partial charge >= 0.3 is 0 Å². The number of hydrogen-bond donors (Lipinski definition) is 1. The maximum absolute atomic E-state index is 13.1. The predicted molar refractivity (Wildman–Crippen MR) is 62.2 cm³/mol. The Kier molecular flexibility index (Phi) is 4.93. The molecular weight excluding hydrogens is 315 g/mol. The molecule has 0 spiro atoms. The third kappa shape index (κ3) is 3.73. The Labute approximate surface area is 100 Å². The second kappa shape index (κ2) is 5.99. The summed E-state index contributed by atoms with van der Waals surface area (Å²) in [6, 6.07) is 2.83. The number of benzene rings is 1. The van der Waals surface area contributed by atoms with Crippen molar-refractivity contribution in [3.8, 4) is 0 Å². The van der Waals surface area contributed by atoms with Gasteiger partial charge in [0.15, 0.2) is 0 Å². The average Bonchev–Trinajstić information content (AvgIpc) is 2.22. The lowest BCUT2D eigenvalue weighted by atomic mass is 10.2. The average molecular weight is 325 g/mol. The molecule has 0 aliphatic heterocycles. The number of amides is 1. The Morgan fingerprint density at radius 3 is 2.80 bits per heavy atom. The fourth-order valence-electron chi connectivity index (χ4n) is 1.04. The minimum Gasteiger partial charge on any atom is -0.352 e. The van der Waals surface area contributed by atoms with E-state index in [-0.39, 0.29) is 5.56 Å². The first-order valence-electron chi connectivity index (χ1n) is 4.44. The molecule has 0 heterocycles. The first-order chi connectivity index (χ1) is 7.15. The summed E-state index contributed by atoms with van der Waals surface area (Å²) < 4.78 is 26.8. The fourth-order valence-corrected chi connectivity index (χ4v) is 1.42. The molecule has 2 nitrogen and oxygen atoms in total. The summed E-state index contributed by atoms with van der Waals surface area (Å²) in [5.41, 5.74) is -0.247. The van der Waals surface area contributed by atoms with E-state index in [1.807, 2.05) is 0 Å². The topological polar surface area (TPSA) is 29.1 Å². The summed E-state index contributed by atoms with van der Waals surface area (Å²) in [6.45, 7) is 0.470. The highest BCUT2D eigenvalue weighted by atomic mass is 127. The van der Waals surface area contributed by atoms with Crippen LogP contribution in [0.4, 0.5) is 8.78 Å². The van der Waals surface area contributed by atoms with Crippen LogP contribution in [0.5, 0.6) is 0 Å². The molecule has 0 radical (unpaired) electrons. The minimum absolute atomic E-state index is 0.247. The van der Waals surface area contributed by atoms with E-state index in [1.54, 1.807) is 0 Å². The van der Waals surface area contributed by atoms with Gasteiger partial charge in [-0.1, -0.05) is 22.6 Å². The van der Waals surface area contributed by atoms with E-state index in [0.717, 1.165) is 29.0 Å². The predicted octanol–water partition coefficient (Wildman–Crippen LogP) is 2.52. The first kappa shape index (κ1) is 12.4. The zero-order valence-corrected chi connectivity index (χ0v) is 10.1. The number of halogens is 3. The largest absolute Gasteiger partial charge is 0.352 e. The van der Waals surface area contributed by atoms with Crippen LogP contribution in [0.3, 0.4) is 0 Å². The molecule has 0 atom stereocenters. The van der Waals surface area contributed by atoms with Gasteiger partial charge in [-0.15, -0.1) is 0 Å². The van der Waals surface area contributed by atoms with Gasteiger partial charge in [-0.25, -0.2) is 8.78 Å². The number of rotatable bonds is 4. The standard InChI is InChI=1S/C10H10F2INO/c11-7-2-3-9(12)8(6-7)10(15)14-5-1-4-13/h2-3,6H,1,4-5H2,(H,14,15). The highest BCUT2D eigenvalue weighted by Gasteiger charge is 2.11. The van der Waals surface area contributed by atoms with Crippen molar-refractivity contribution in [2.45, 2.75) is 6.42 Å². The molecule has 1 aromatic rings. The highest BCUT2D eigenvalue weighted by Crippen LogP contribution is 2.09. The molecule has 0 saturated carbocycles. The van der Waals surface area contributed by atoms with Gasteiger partial charge in [0.05, 0.1) is 5.56 Å². The molecule has 82 valence electrons. The Hall–Kier alpha value is -0.720. The molecule has 1 N–H and O–H groups in total. The molecule has 0 unspecified atom stereocenters. The second-order valence-corrected chi connectivity index (χ2v) is 4.00. The Morgan fingerprint density at radius 2 is 2.13 bits per heavy atom. The molecular formula is C10H10F2INO. The van der Waals surface area contributed by atoms with E-state index < -0.39 is 17.5 Å². The van der Waals surface area contributed by atoms with E-state index in [2.05, 4.69) is 27.9 Å². The number of carbonyl (C=O) groups excluding carboxylic acids is 1. The molecule has 0 aliphatic rings. The van der Waals surface area contributed by atoms with E-state index in [9.17, 15) is 13.6 Å². The molecule has 1 aromatic carbocycles. The summed E-state index contributed by atoms with van der Waals surface area (Å²) in [6.07, 6.45) is 0.809. The summed E-state index contributed by atoms with van der Waals surface area (Å²) in [5, 5.41) is 2.52. The highest BCUT2D eigenvalue weighted by molar-refractivity contribution is 14.1. The normalized spacial score (nSPS) is 10.1. The van der Waals surface area contributed by atoms with Crippen LogP contribution in [0.1, 0.15) is 16.8 Å². The van der Waals surface area contributed by atoms with Crippen molar-refractivity contribution in [2.24, 2.45) is 0 Å². The molecule has 5 heteroatoms. The first-order valence-corrected chi connectivity index (χ1v) is 5.97. The minimum atomic E-state index is -0.705. The SMILES string of the molecule is O=C(NCCCI)c1cc(F)ccc1F. The van der Waals surface area contributed by atoms with Crippen LogP contribution in [-0.4, -0.2) is 16.9 Å². The Bertz CT molecular complexity index is 357. The van der Waals surface area contributed by atoms with Crippen LogP contribution < -0.4 is 5.32 Å². The van der Waals surface area contributed by atoms with Crippen LogP contribution in [-0.2, 0) is 0 Å². The van der Waals surface area contributed by atoms with Crippen molar-refractivity contribution < 1.29 is 13.6 Å². The van der Waals surface area contributed by atoms with Crippen molar-refractivity contribution in [1.82, 2.24) is 5.32 Å². The summed E-state index contributed by atoms with van der Waals surface area (Å²) in [4.78, 5) is 11.4. The zero-order chi connectivity index (χ0) is 11.3. The third-order valence-corrected chi connectivity index (χ3v) is 2.53. The van der Waals surface area contributed by atoms with E-state index in [1.165, 1.54) is 0 Å². The summed E-state index contributed by atoms with van der Waals surface area (Å²) >= 11 is 2.18. The van der Waals surface area contributed by atoms with Crippen LogP contribution in [0.15, 0.2) is 18.2 Å². The van der Waals surface area contributed by atoms with Crippen LogP contribution in [0.2, 0.25) is 0 Å². The van der Waals surface area contributed by atoms with Gasteiger partial charge < -0.3 is 5.32 Å². The third-order valence-electron chi connectivity index (χ3n) is 1.77. The molecule has 1 rings (SSSR count). The van der Waals surface area contributed by atoms with Crippen LogP contribution in [0.25, 0.3) is 0 Å². The molecule has 0 fully saturated rings. The van der Waals surface area contributed by atoms with Gasteiger partial charge in [-0.2, -0.15) is 0 Å². The number of alkyl halides is 1. The van der Waals surface area contributed by atoms with Crippen molar-refractivity contribution in [3.05, 3.63) is 35.4 Å². The summed E-state index contributed by atoms with van der Waals surface area (Å²) in [7, 11) is 0. The Morgan fingerprint density at radius 1 is 1.40 bits per heavy atom. The van der Waals surface area contributed by atoms with Gasteiger partial charge in [0.25, 0.3) is 5.91 Å². The molecule has 0 saturated heterocycles. The molecule has 15 heavy (non-hydrogen) atoms. The van der Waals surface area contributed by atoms with Crippen molar-refractivity contribution >= 4 is 28.5 Å². The van der Waals surface area contributed by atoms with Crippen LogP contribution in [0, 0.1) is 11.6 Å². The van der Waals surface area contributed by atoms with E-state index in [0.29, 0.717) is 6.54 Å². The second-order valence-electron chi connectivity index (χ2n) is 2.92. The Balaban J connectivity index is 2.68. The van der Waals surface area contributed by atoms with Crippen molar-refractivity contribution in [1.29, 1.82) is 0 Å². The lowest BCUT2D eigenvalue weighted by Crippen LogP contribution is -2.25. The molecule has 0 aromatic heterocycles. The molecule has 0 bridgehead atoms. The number of carbonyl (C=O) groups is 1. The maximum Gasteiger partial charge on any atom is 0.254 e. The zero-order valence-electron chi connectivity index (χ0n) is 7.90. The van der Waals surface area contributed by atoms with Crippen molar-refractivity contribution in [2.75, 3.05) is 11.0 Å². The lowest BCUT2D eigenvalue weighted by Gasteiger charge is -2.04. The maximum atomic E-state index is 13.1. The van der Waals surface area contributed by atoms with Crippen LogP contribution >= 0.6 is 22.6 Å². The smallest absolute Gasteiger partial charge is 0.254 e. The van der Waals surface area contributed by atoms with E-state index >= 15 is 0 Å². The molecule has 0 aliphatic carbocycles.